The van der Waals surface area contributed by atoms with E-state index in [0.29, 0.717) is 61.7 Å². The van der Waals surface area contributed by atoms with Gasteiger partial charge in [0, 0.05) is 33.3 Å². The van der Waals surface area contributed by atoms with Crippen LogP contribution in [0.3, 0.4) is 0 Å². The molecule has 0 unspecified atom stereocenters. The first-order chi connectivity index (χ1) is 24.2. The minimum atomic E-state index is -0.736. The first-order valence-electron chi connectivity index (χ1n) is 15.5. The van der Waals surface area contributed by atoms with Crippen molar-refractivity contribution in [2.75, 3.05) is 4.90 Å². The van der Waals surface area contributed by atoms with E-state index >= 15 is 4.39 Å². The number of nitrogens with zero attached hydrogens (tertiary/aromatic N) is 7. The molecule has 0 aliphatic carbocycles. The SMILES string of the molecule is C[C@H]1Cc2cc(-c3cc(Cl)ccc3-n3cc(Cl)nn3)cc(=O)n2[C@@H]1c1nc(F)c(-c2ccc3c(N4C(=O)c5ccccc5C4=O)n[nH]c3c2)[nH]1. The molecule has 4 aromatic heterocycles. The van der Waals surface area contributed by atoms with Crippen LogP contribution in [0.25, 0.3) is 39.0 Å². The van der Waals surface area contributed by atoms with Crippen LogP contribution in [0.4, 0.5) is 10.2 Å². The maximum atomic E-state index is 15.6. The van der Waals surface area contributed by atoms with E-state index in [9.17, 15) is 14.4 Å². The van der Waals surface area contributed by atoms with Crippen LogP contribution in [0.15, 0.2) is 83.8 Å². The lowest BCUT2D eigenvalue weighted by Crippen LogP contribution is -2.29. The molecular weight excluding hydrogens is 684 g/mol. The topological polar surface area (TPSA) is 147 Å². The molecule has 12 nitrogen and oxygen atoms in total. The van der Waals surface area contributed by atoms with Crippen molar-refractivity contribution in [2.24, 2.45) is 5.92 Å². The first-order valence-corrected chi connectivity index (χ1v) is 16.3. The number of carbonyl (C=O) groups is 2. The third-order valence-corrected chi connectivity index (χ3v) is 9.68. The number of aromatic nitrogens is 8. The maximum absolute atomic E-state index is 15.6. The van der Waals surface area contributed by atoms with Crippen LogP contribution in [0.5, 0.6) is 0 Å². The van der Waals surface area contributed by atoms with Gasteiger partial charge in [-0.3, -0.25) is 19.5 Å². The number of amides is 2. The van der Waals surface area contributed by atoms with Gasteiger partial charge in [-0.1, -0.05) is 53.5 Å². The van der Waals surface area contributed by atoms with Crippen molar-refractivity contribution in [1.82, 2.24) is 39.7 Å². The molecular formula is C35H22Cl2FN9O3. The molecule has 7 aromatic rings. The highest BCUT2D eigenvalue weighted by Gasteiger charge is 2.39. The third-order valence-electron chi connectivity index (χ3n) is 9.27. The van der Waals surface area contributed by atoms with Crippen molar-refractivity contribution in [2.45, 2.75) is 19.4 Å². The van der Waals surface area contributed by atoms with Crippen LogP contribution in [-0.4, -0.2) is 51.5 Å². The van der Waals surface area contributed by atoms with Gasteiger partial charge in [0.05, 0.1) is 34.6 Å². The number of carbonyl (C=O) groups excluding carboxylic acids is 2. The lowest BCUT2D eigenvalue weighted by atomic mass is 10.0. The zero-order chi connectivity index (χ0) is 34.4. The zero-order valence-corrected chi connectivity index (χ0v) is 27.4. The molecule has 3 aromatic carbocycles. The largest absolute Gasteiger partial charge is 0.338 e. The summed E-state index contributed by atoms with van der Waals surface area (Å²) in [5.41, 5.74) is 4.10. The highest BCUT2D eigenvalue weighted by Crippen LogP contribution is 2.39. The summed E-state index contributed by atoms with van der Waals surface area (Å²) in [7, 11) is 0. The molecule has 0 radical (unpaired) electrons. The van der Waals surface area contributed by atoms with Crippen molar-refractivity contribution in [3.05, 3.63) is 128 Å². The van der Waals surface area contributed by atoms with E-state index in [1.165, 1.54) is 10.7 Å². The van der Waals surface area contributed by atoms with Gasteiger partial charge in [-0.15, -0.1) is 5.10 Å². The third kappa shape index (κ3) is 4.54. The lowest BCUT2D eigenvalue weighted by Gasteiger charge is -2.17. The molecule has 2 aliphatic rings. The van der Waals surface area contributed by atoms with Gasteiger partial charge in [0.2, 0.25) is 5.95 Å². The van der Waals surface area contributed by atoms with Crippen LogP contribution < -0.4 is 10.5 Å². The fourth-order valence-electron chi connectivity index (χ4n) is 7.06. The highest BCUT2D eigenvalue weighted by atomic mass is 35.5. The number of fused-ring (bicyclic) bond motifs is 3. The van der Waals surface area contributed by atoms with Crippen molar-refractivity contribution < 1.29 is 14.0 Å². The Labute approximate surface area is 291 Å². The first kappa shape index (κ1) is 30.2. The van der Waals surface area contributed by atoms with Gasteiger partial charge in [0.15, 0.2) is 11.0 Å². The van der Waals surface area contributed by atoms with Crippen LogP contribution >= 0.6 is 23.2 Å². The van der Waals surface area contributed by atoms with Gasteiger partial charge >= 0.3 is 0 Å². The minimum absolute atomic E-state index is 0.0957. The van der Waals surface area contributed by atoms with Crippen LogP contribution in [0, 0.1) is 11.9 Å². The Balaban J connectivity index is 1.05. The van der Waals surface area contributed by atoms with Gasteiger partial charge in [0.1, 0.15) is 11.5 Å². The molecule has 246 valence electrons. The maximum Gasteiger partial charge on any atom is 0.267 e. The summed E-state index contributed by atoms with van der Waals surface area (Å²) in [4.78, 5) is 48.4. The lowest BCUT2D eigenvalue weighted by molar-refractivity contribution is 0.0925. The molecule has 50 heavy (non-hydrogen) atoms. The molecule has 0 bridgehead atoms. The second-order valence-corrected chi connectivity index (χ2v) is 13.1. The average Bonchev–Trinajstić information content (AvgIpc) is 3.92. The Morgan fingerprint density at radius 1 is 0.900 bits per heavy atom. The van der Waals surface area contributed by atoms with E-state index in [2.05, 4.69) is 30.5 Å². The number of anilines is 1. The second kappa shape index (κ2) is 11.1. The summed E-state index contributed by atoms with van der Waals surface area (Å²) < 4.78 is 18.8. The smallest absolute Gasteiger partial charge is 0.267 e. The Kier molecular flexibility index (Phi) is 6.67. The van der Waals surface area contributed by atoms with Crippen LogP contribution in [0.2, 0.25) is 10.2 Å². The van der Waals surface area contributed by atoms with Crippen molar-refractivity contribution >= 4 is 51.7 Å². The summed E-state index contributed by atoms with van der Waals surface area (Å²) in [6.07, 6.45) is 2.10. The van der Waals surface area contributed by atoms with Gasteiger partial charge in [-0.05, 0) is 66.4 Å². The Bertz CT molecular complexity index is 2610. The molecule has 9 rings (SSSR count). The number of imidazole rings is 1. The number of hydrogen-bond donors (Lipinski definition) is 2. The monoisotopic (exact) mass is 705 g/mol. The molecule has 6 heterocycles. The van der Waals surface area contributed by atoms with Crippen molar-refractivity contribution in [1.29, 1.82) is 0 Å². The van der Waals surface area contributed by atoms with E-state index < -0.39 is 23.8 Å². The quantitative estimate of drug-likeness (QED) is 0.197. The number of aromatic amines is 2. The molecule has 0 saturated heterocycles. The number of H-pyrrole nitrogens is 2. The highest BCUT2D eigenvalue weighted by molar-refractivity contribution is 6.35. The Morgan fingerprint density at radius 3 is 2.42 bits per heavy atom. The standard InChI is InChI=1S/C35H22Cl2FN9O3/c1-16-10-20-11-18(24-14-19(36)7-9-26(24)45-15-27(37)42-44-45)13-28(48)46(20)30(16)32-39-29(31(38)40-32)17-6-8-23-25(12-17)41-43-33(23)47-34(49)21-4-2-3-5-22(21)35(47)50/h2-9,11-16,30H,10H2,1H3,(H,39,40)(H,41,43)/t16-,30-/m0/s1. The van der Waals surface area contributed by atoms with Crippen molar-refractivity contribution in [3.8, 4) is 28.1 Å². The Hall–Kier alpha value is -5.92. The molecule has 2 atom stereocenters. The minimum Gasteiger partial charge on any atom is -0.338 e. The fraction of sp³-hybridized carbons (Fsp3) is 0.114. The van der Waals surface area contributed by atoms with Gasteiger partial charge < -0.3 is 9.55 Å². The summed E-state index contributed by atoms with van der Waals surface area (Å²) in [5.74, 6) is -1.30. The van der Waals surface area contributed by atoms with Gasteiger partial charge in [-0.25, -0.2) is 14.6 Å². The number of nitrogens with one attached hydrogen (secondary N) is 2. The summed E-state index contributed by atoms with van der Waals surface area (Å²) in [6, 6.07) is 19.7. The van der Waals surface area contributed by atoms with Crippen LogP contribution in [-0.2, 0) is 6.42 Å². The van der Waals surface area contributed by atoms with E-state index in [-0.39, 0.29) is 28.1 Å². The predicted molar refractivity (Wildman–Crippen MR) is 183 cm³/mol. The normalized spacial score (nSPS) is 16.8. The van der Waals surface area contributed by atoms with Gasteiger partial charge in [0.25, 0.3) is 17.4 Å². The number of hydrogen-bond acceptors (Lipinski definition) is 7. The molecule has 2 amide bonds. The number of halogens is 3. The van der Waals surface area contributed by atoms with Crippen molar-refractivity contribution in [3.63, 3.8) is 0 Å². The van der Waals surface area contributed by atoms with E-state index in [1.807, 2.05) is 13.0 Å². The molecule has 0 saturated carbocycles. The second-order valence-electron chi connectivity index (χ2n) is 12.3. The number of benzene rings is 3. The van der Waals surface area contributed by atoms with E-state index in [4.69, 9.17) is 23.2 Å². The molecule has 2 aliphatic heterocycles. The Morgan fingerprint density at radius 2 is 1.68 bits per heavy atom. The van der Waals surface area contributed by atoms with Crippen LogP contribution in [0.1, 0.15) is 45.2 Å². The fourth-order valence-corrected chi connectivity index (χ4v) is 7.36. The molecule has 0 spiro atoms. The number of pyridine rings is 1. The number of rotatable bonds is 5. The predicted octanol–water partition coefficient (Wildman–Crippen LogP) is 6.39. The summed E-state index contributed by atoms with van der Waals surface area (Å²) in [5, 5.41) is 16.3. The molecule has 2 N–H and O–H groups in total. The van der Waals surface area contributed by atoms with E-state index in [0.717, 1.165) is 10.6 Å². The number of imide groups is 1. The zero-order valence-electron chi connectivity index (χ0n) is 25.9. The average molecular weight is 707 g/mol. The van der Waals surface area contributed by atoms with E-state index in [1.54, 1.807) is 71.4 Å². The van der Waals surface area contributed by atoms with Gasteiger partial charge in [-0.2, -0.15) is 9.49 Å². The summed E-state index contributed by atoms with van der Waals surface area (Å²) >= 11 is 12.4. The summed E-state index contributed by atoms with van der Waals surface area (Å²) in [6.45, 7) is 1.98. The molecule has 0 fully saturated rings. The molecule has 15 heteroatoms.